The van der Waals surface area contributed by atoms with E-state index in [0.29, 0.717) is 0 Å². The first kappa shape index (κ1) is 15.5. The molecule has 1 N–H and O–H groups in total. The Morgan fingerprint density at radius 1 is 1.35 bits per heavy atom. The molecule has 0 spiro atoms. The van der Waals surface area contributed by atoms with Gasteiger partial charge in [-0.2, -0.15) is 0 Å². The molecule has 2 aromatic rings. The van der Waals surface area contributed by atoms with Crippen LogP contribution in [-0.2, 0) is 17.2 Å². The summed E-state index contributed by atoms with van der Waals surface area (Å²) in [5.41, 5.74) is 0. The van der Waals surface area contributed by atoms with Gasteiger partial charge in [0.2, 0.25) is 0 Å². The zero-order valence-corrected chi connectivity index (χ0v) is 13.9. The standard InChI is InChI=1S/C15H22N2OS2/c1-4-12-7-8-13(19-12)14(9-11-17(2)3)20(18)15-6-5-10-16-15/h5-8,10,14,16H,4,9,11H2,1-3H3. The van der Waals surface area contributed by atoms with Crippen LogP contribution in [0, 0.1) is 0 Å². The lowest BCUT2D eigenvalue weighted by Crippen LogP contribution is -2.18. The van der Waals surface area contributed by atoms with Crippen LogP contribution in [0.15, 0.2) is 35.5 Å². The summed E-state index contributed by atoms with van der Waals surface area (Å²) >= 11 is 1.79. The number of rotatable bonds is 7. The molecular formula is C15H22N2OS2. The molecule has 2 unspecified atom stereocenters. The van der Waals surface area contributed by atoms with E-state index in [-0.39, 0.29) is 5.25 Å². The van der Waals surface area contributed by atoms with E-state index in [1.54, 1.807) is 11.3 Å². The topological polar surface area (TPSA) is 36.1 Å². The zero-order chi connectivity index (χ0) is 14.5. The van der Waals surface area contributed by atoms with Crippen molar-refractivity contribution in [3.05, 3.63) is 40.2 Å². The average Bonchev–Trinajstić information content (AvgIpc) is 3.09. The van der Waals surface area contributed by atoms with Crippen molar-refractivity contribution in [2.75, 3.05) is 20.6 Å². The maximum atomic E-state index is 12.8. The Bertz CT molecular complexity index is 546. The van der Waals surface area contributed by atoms with Gasteiger partial charge in [-0.3, -0.25) is 4.21 Å². The predicted molar refractivity (Wildman–Crippen MR) is 86.8 cm³/mol. The highest BCUT2D eigenvalue weighted by Gasteiger charge is 2.23. The molecule has 0 saturated heterocycles. The third-order valence-corrected chi connectivity index (χ3v) is 6.42. The highest BCUT2D eigenvalue weighted by Crippen LogP contribution is 2.33. The largest absolute Gasteiger partial charge is 0.354 e. The van der Waals surface area contributed by atoms with Crippen molar-refractivity contribution in [3.8, 4) is 0 Å². The van der Waals surface area contributed by atoms with Gasteiger partial charge in [0.1, 0.15) is 5.03 Å². The number of aromatic nitrogens is 1. The number of nitrogens with zero attached hydrogens (tertiary/aromatic N) is 1. The molecule has 2 heterocycles. The molecule has 2 atom stereocenters. The summed E-state index contributed by atoms with van der Waals surface area (Å²) in [5, 5.41) is 0.890. The molecule has 3 nitrogen and oxygen atoms in total. The molecule has 0 aliphatic rings. The van der Waals surface area contributed by atoms with E-state index in [0.717, 1.165) is 24.4 Å². The minimum absolute atomic E-state index is 0.0707. The van der Waals surface area contributed by atoms with Crippen LogP contribution in [0.4, 0.5) is 0 Å². The molecule has 0 radical (unpaired) electrons. The van der Waals surface area contributed by atoms with Gasteiger partial charge in [-0.05, 0) is 57.7 Å². The van der Waals surface area contributed by atoms with E-state index in [1.807, 2.05) is 18.3 Å². The van der Waals surface area contributed by atoms with Crippen molar-refractivity contribution in [1.82, 2.24) is 9.88 Å². The SMILES string of the molecule is CCc1ccc(C(CCN(C)C)S(=O)c2ccc[nH]2)s1. The van der Waals surface area contributed by atoms with E-state index in [1.165, 1.54) is 9.75 Å². The van der Waals surface area contributed by atoms with E-state index in [9.17, 15) is 4.21 Å². The molecule has 0 aromatic carbocycles. The van der Waals surface area contributed by atoms with Crippen LogP contribution < -0.4 is 0 Å². The van der Waals surface area contributed by atoms with Gasteiger partial charge in [-0.25, -0.2) is 0 Å². The summed E-state index contributed by atoms with van der Waals surface area (Å²) < 4.78 is 12.8. The van der Waals surface area contributed by atoms with Gasteiger partial charge in [0, 0.05) is 16.0 Å². The minimum Gasteiger partial charge on any atom is -0.354 e. The molecule has 0 bridgehead atoms. The molecule has 0 amide bonds. The van der Waals surface area contributed by atoms with Gasteiger partial charge < -0.3 is 9.88 Å². The molecule has 20 heavy (non-hydrogen) atoms. The van der Waals surface area contributed by atoms with Gasteiger partial charge in [-0.15, -0.1) is 11.3 Å². The van der Waals surface area contributed by atoms with Crippen LogP contribution in [0.3, 0.4) is 0 Å². The monoisotopic (exact) mass is 310 g/mol. The summed E-state index contributed by atoms with van der Waals surface area (Å²) in [6.45, 7) is 3.10. The maximum absolute atomic E-state index is 12.8. The number of aromatic amines is 1. The molecule has 110 valence electrons. The quantitative estimate of drug-likeness (QED) is 0.850. The third kappa shape index (κ3) is 3.81. The first-order valence-corrected chi connectivity index (χ1v) is 8.92. The number of hydrogen-bond acceptors (Lipinski definition) is 3. The number of H-pyrrole nitrogens is 1. The second-order valence-corrected chi connectivity index (χ2v) is 7.87. The smallest absolute Gasteiger partial charge is 0.104 e. The summed E-state index contributed by atoms with van der Waals surface area (Å²) in [6, 6.07) is 8.12. The first-order chi connectivity index (χ1) is 9.61. The number of nitrogens with one attached hydrogen (secondary N) is 1. The summed E-state index contributed by atoms with van der Waals surface area (Å²) in [7, 11) is 3.09. The van der Waals surface area contributed by atoms with Gasteiger partial charge in [0.25, 0.3) is 0 Å². The van der Waals surface area contributed by atoms with Crippen LogP contribution >= 0.6 is 11.3 Å². The van der Waals surface area contributed by atoms with Crippen LogP contribution in [0.25, 0.3) is 0 Å². The van der Waals surface area contributed by atoms with E-state index >= 15 is 0 Å². The van der Waals surface area contributed by atoms with Crippen LogP contribution in [-0.4, -0.2) is 34.7 Å². The van der Waals surface area contributed by atoms with Crippen molar-refractivity contribution in [2.45, 2.75) is 30.0 Å². The van der Waals surface area contributed by atoms with E-state index in [4.69, 9.17) is 0 Å². The van der Waals surface area contributed by atoms with E-state index < -0.39 is 10.8 Å². The second-order valence-electron chi connectivity index (χ2n) is 5.07. The summed E-state index contributed by atoms with van der Waals surface area (Å²) in [6.07, 6.45) is 3.78. The maximum Gasteiger partial charge on any atom is 0.104 e. The van der Waals surface area contributed by atoms with Gasteiger partial charge in [0.15, 0.2) is 0 Å². The van der Waals surface area contributed by atoms with E-state index in [2.05, 4.69) is 43.0 Å². The number of aryl methyl sites for hydroxylation is 1. The fourth-order valence-electron chi connectivity index (χ4n) is 2.08. The first-order valence-electron chi connectivity index (χ1n) is 6.89. The normalized spacial score (nSPS) is 14.6. The van der Waals surface area contributed by atoms with Crippen molar-refractivity contribution >= 4 is 22.1 Å². The predicted octanol–water partition coefficient (Wildman–Crippen LogP) is 3.44. The Hall–Kier alpha value is -0.910. The highest BCUT2D eigenvalue weighted by molar-refractivity contribution is 7.85. The molecule has 2 rings (SSSR count). The lowest BCUT2D eigenvalue weighted by atomic mass is 10.2. The summed E-state index contributed by atoms with van der Waals surface area (Å²) in [4.78, 5) is 7.83. The summed E-state index contributed by atoms with van der Waals surface area (Å²) in [5.74, 6) is 0. The van der Waals surface area contributed by atoms with Crippen LogP contribution in [0.1, 0.15) is 28.3 Å². The Labute approximate surface area is 127 Å². The van der Waals surface area contributed by atoms with Crippen molar-refractivity contribution in [1.29, 1.82) is 0 Å². The Morgan fingerprint density at radius 3 is 2.70 bits per heavy atom. The molecule has 0 saturated carbocycles. The zero-order valence-electron chi connectivity index (χ0n) is 12.3. The van der Waals surface area contributed by atoms with Crippen molar-refractivity contribution in [3.63, 3.8) is 0 Å². The Morgan fingerprint density at radius 2 is 2.15 bits per heavy atom. The number of thiophene rings is 1. The Kier molecular flexibility index (Phi) is 5.57. The molecule has 0 fully saturated rings. The molecule has 5 heteroatoms. The molecule has 0 aliphatic carbocycles. The number of hydrogen-bond donors (Lipinski definition) is 1. The van der Waals surface area contributed by atoms with Gasteiger partial charge >= 0.3 is 0 Å². The molecule has 2 aromatic heterocycles. The van der Waals surface area contributed by atoms with Crippen LogP contribution in [0.2, 0.25) is 0 Å². The highest BCUT2D eigenvalue weighted by atomic mass is 32.2. The second kappa shape index (κ2) is 7.20. The fourth-order valence-corrected chi connectivity index (χ4v) is 4.77. The minimum atomic E-state index is -1.02. The lowest BCUT2D eigenvalue weighted by Gasteiger charge is -2.17. The lowest BCUT2D eigenvalue weighted by molar-refractivity contribution is 0.398. The fraction of sp³-hybridized carbons (Fsp3) is 0.467. The third-order valence-electron chi connectivity index (χ3n) is 3.23. The van der Waals surface area contributed by atoms with Gasteiger partial charge in [0.05, 0.1) is 16.0 Å². The molecule has 0 aliphatic heterocycles. The van der Waals surface area contributed by atoms with Crippen molar-refractivity contribution < 1.29 is 4.21 Å². The van der Waals surface area contributed by atoms with Crippen LogP contribution in [0.5, 0.6) is 0 Å². The molecular weight excluding hydrogens is 288 g/mol. The van der Waals surface area contributed by atoms with Crippen molar-refractivity contribution in [2.24, 2.45) is 0 Å². The van der Waals surface area contributed by atoms with Gasteiger partial charge in [-0.1, -0.05) is 6.92 Å². The Balaban J connectivity index is 2.22. The average molecular weight is 310 g/mol.